The Balaban J connectivity index is 1.64. The van der Waals surface area contributed by atoms with Gasteiger partial charge in [0, 0.05) is 29.0 Å². The third-order valence-electron chi connectivity index (χ3n) is 6.41. The summed E-state index contributed by atoms with van der Waals surface area (Å²) in [7, 11) is 7.23. The molecule has 1 amide bonds. The molecule has 0 saturated carbocycles. The maximum atomic E-state index is 13.0. The summed E-state index contributed by atoms with van der Waals surface area (Å²) < 4.78 is 49.6. The molecule has 3 aromatic rings. The number of benzene rings is 3. The number of nitrogens with one attached hydrogen (secondary N) is 1. The monoisotopic (exact) mass is 565 g/mol. The number of hydrogen-bond donors (Lipinski definition) is 1. The van der Waals surface area contributed by atoms with Crippen molar-refractivity contribution >= 4 is 23.6 Å². The molecule has 2 heterocycles. The molecule has 0 saturated heterocycles. The Kier molecular flexibility index (Phi) is 7.64. The predicted octanol–water partition coefficient (Wildman–Crippen LogP) is 4.28. The molecule has 2 aliphatic heterocycles. The van der Waals surface area contributed by atoms with E-state index in [1.54, 1.807) is 30.3 Å². The van der Waals surface area contributed by atoms with Crippen LogP contribution in [0.25, 0.3) is 17.2 Å². The van der Waals surface area contributed by atoms with E-state index in [2.05, 4.69) is 5.32 Å². The first-order valence-corrected chi connectivity index (χ1v) is 12.2. The third-order valence-corrected chi connectivity index (χ3v) is 6.41. The quantitative estimate of drug-likeness (QED) is 0.295. The maximum Gasteiger partial charge on any atom is 0.338 e. The Labute approximate surface area is 235 Å². The number of ether oxygens (including phenoxy) is 9. The molecular formula is C29H27NO11. The van der Waals surface area contributed by atoms with Gasteiger partial charge in [-0.2, -0.15) is 0 Å². The number of fused-ring (bicyclic) bond motifs is 2. The smallest absolute Gasteiger partial charge is 0.338 e. The largest absolute Gasteiger partial charge is 0.493 e. The van der Waals surface area contributed by atoms with Gasteiger partial charge in [0.1, 0.15) is 0 Å². The summed E-state index contributed by atoms with van der Waals surface area (Å²) in [5.74, 6) is 1.72. The van der Waals surface area contributed by atoms with Crippen LogP contribution in [0.15, 0.2) is 36.4 Å². The summed E-state index contributed by atoms with van der Waals surface area (Å²) in [6.45, 7) is -0.188. The van der Waals surface area contributed by atoms with Gasteiger partial charge >= 0.3 is 5.97 Å². The minimum absolute atomic E-state index is 0.0884. The highest BCUT2D eigenvalue weighted by atomic mass is 16.7. The maximum absolute atomic E-state index is 13.0. The van der Waals surface area contributed by atoms with Gasteiger partial charge in [-0.05, 0) is 35.9 Å². The summed E-state index contributed by atoms with van der Waals surface area (Å²) in [5.41, 5.74) is 1.79. The van der Waals surface area contributed by atoms with Gasteiger partial charge in [0.15, 0.2) is 34.5 Å². The molecule has 12 nitrogen and oxygen atoms in total. The Morgan fingerprint density at radius 3 is 1.90 bits per heavy atom. The molecule has 3 aromatic carbocycles. The van der Waals surface area contributed by atoms with E-state index in [1.807, 2.05) is 0 Å². The second-order valence-corrected chi connectivity index (χ2v) is 8.56. The molecule has 0 radical (unpaired) electrons. The van der Waals surface area contributed by atoms with Crippen LogP contribution < -0.4 is 43.2 Å². The van der Waals surface area contributed by atoms with Crippen LogP contribution in [0.1, 0.15) is 15.9 Å². The molecule has 1 N–H and O–H groups in total. The minimum Gasteiger partial charge on any atom is -0.493 e. The Hall–Kier alpha value is -5.26. The third kappa shape index (κ3) is 4.95. The van der Waals surface area contributed by atoms with Crippen molar-refractivity contribution in [3.63, 3.8) is 0 Å². The van der Waals surface area contributed by atoms with Gasteiger partial charge < -0.3 is 47.9 Å². The fourth-order valence-electron chi connectivity index (χ4n) is 4.57. The summed E-state index contributed by atoms with van der Waals surface area (Å²) in [6, 6.07) is 8.16. The van der Waals surface area contributed by atoms with Crippen LogP contribution >= 0.6 is 0 Å². The van der Waals surface area contributed by atoms with Crippen molar-refractivity contribution in [3.05, 3.63) is 47.5 Å². The zero-order valence-corrected chi connectivity index (χ0v) is 22.9. The van der Waals surface area contributed by atoms with Crippen molar-refractivity contribution in [2.75, 3.05) is 54.5 Å². The second kappa shape index (κ2) is 11.5. The molecule has 0 aromatic heterocycles. The van der Waals surface area contributed by atoms with Crippen LogP contribution in [0.5, 0.6) is 46.0 Å². The van der Waals surface area contributed by atoms with Gasteiger partial charge in [-0.25, -0.2) is 4.79 Å². The van der Waals surface area contributed by atoms with Crippen LogP contribution in [0.4, 0.5) is 5.69 Å². The molecule has 214 valence electrons. The van der Waals surface area contributed by atoms with Crippen LogP contribution in [0.2, 0.25) is 0 Å². The number of rotatable bonds is 9. The standard InChI is InChI=1S/C29H27NO11/c1-33-18-8-7-16(11-19(18)34-2)30-22(31)9-6-15-10-20(35-3)25-27(40-13-38-25)23(15)24-17(29(32)37-5)12-21(36-4)26-28(24)41-14-39-26/h6-12H,13-14H2,1-5H3,(H,30,31)/b9-6+. The van der Waals surface area contributed by atoms with Crippen molar-refractivity contribution in [1.82, 2.24) is 0 Å². The first kappa shape index (κ1) is 27.3. The van der Waals surface area contributed by atoms with E-state index in [1.165, 1.54) is 47.7 Å². The van der Waals surface area contributed by atoms with Crippen LogP contribution in [-0.2, 0) is 9.53 Å². The minimum atomic E-state index is -0.652. The van der Waals surface area contributed by atoms with E-state index in [0.717, 1.165) is 0 Å². The average molecular weight is 566 g/mol. The van der Waals surface area contributed by atoms with Crippen molar-refractivity contribution in [2.45, 2.75) is 0 Å². The highest BCUT2D eigenvalue weighted by molar-refractivity contribution is 6.06. The lowest BCUT2D eigenvalue weighted by molar-refractivity contribution is -0.111. The van der Waals surface area contributed by atoms with Gasteiger partial charge in [-0.3, -0.25) is 4.79 Å². The lowest BCUT2D eigenvalue weighted by Gasteiger charge is -2.18. The summed E-state index contributed by atoms with van der Waals surface area (Å²) >= 11 is 0. The fraction of sp³-hybridized carbons (Fsp3) is 0.241. The van der Waals surface area contributed by atoms with Gasteiger partial charge in [0.05, 0.1) is 41.1 Å². The van der Waals surface area contributed by atoms with E-state index in [0.29, 0.717) is 51.1 Å². The lowest BCUT2D eigenvalue weighted by atomic mass is 9.91. The number of esters is 1. The number of amides is 1. The lowest BCUT2D eigenvalue weighted by Crippen LogP contribution is -2.08. The van der Waals surface area contributed by atoms with Crippen LogP contribution in [0.3, 0.4) is 0 Å². The summed E-state index contributed by atoms with van der Waals surface area (Å²) in [6.07, 6.45) is 2.89. The molecule has 0 spiro atoms. The molecule has 0 atom stereocenters. The molecule has 41 heavy (non-hydrogen) atoms. The Morgan fingerprint density at radius 1 is 0.707 bits per heavy atom. The SMILES string of the molecule is COC(=O)c1cc(OC)c2c(c1-c1c(/C=C/C(=O)Nc3ccc(OC)c(OC)c3)cc(OC)c3c1OCO3)OCO2. The Bertz CT molecular complexity index is 1550. The van der Waals surface area contributed by atoms with E-state index >= 15 is 0 Å². The average Bonchev–Trinajstić information content (AvgIpc) is 3.69. The van der Waals surface area contributed by atoms with Gasteiger partial charge in [0.25, 0.3) is 0 Å². The summed E-state index contributed by atoms with van der Waals surface area (Å²) in [4.78, 5) is 26.0. The van der Waals surface area contributed by atoms with Crippen molar-refractivity contribution in [1.29, 1.82) is 0 Å². The molecule has 0 fully saturated rings. The predicted molar refractivity (Wildman–Crippen MR) is 146 cm³/mol. The van der Waals surface area contributed by atoms with Gasteiger partial charge in [0.2, 0.25) is 31.0 Å². The summed E-state index contributed by atoms with van der Waals surface area (Å²) in [5, 5.41) is 2.79. The number of carbonyl (C=O) groups excluding carboxylic acids is 2. The topological polar surface area (TPSA) is 129 Å². The fourth-order valence-corrected chi connectivity index (χ4v) is 4.57. The van der Waals surface area contributed by atoms with E-state index in [-0.39, 0.29) is 36.4 Å². The first-order chi connectivity index (χ1) is 19.9. The highest BCUT2D eigenvalue weighted by Crippen LogP contribution is 2.56. The van der Waals surface area contributed by atoms with Crippen molar-refractivity contribution in [3.8, 4) is 57.1 Å². The normalized spacial score (nSPS) is 12.7. The van der Waals surface area contributed by atoms with Crippen LogP contribution in [-0.4, -0.2) is 61.0 Å². The Morgan fingerprint density at radius 2 is 1.29 bits per heavy atom. The number of methoxy groups -OCH3 is 5. The zero-order valence-electron chi connectivity index (χ0n) is 22.9. The molecule has 0 bridgehead atoms. The number of anilines is 1. The van der Waals surface area contributed by atoms with E-state index in [9.17, 15) is 9.59 Å². The highest BCUT2D eigenvalue weighted by Gasteiger charge is 2.35. The van der Waals surface area contributed by atoms with Crippen molar-refractivity contribution in [2.24, 2.45) is 0 Å². The second-order valence-electron chi connectivity index (χ2n) is 8.56. The van der Waals surface area contributed by atoms with Gasteiger partial charge in [-0.15, -0.1) is 0 Å². The molecule has 5 rings (SSSR count). The number of hydrogen-bond acceptors (Lipinski definition) is 11. The molecule has 2 aliphatic rings. The molecule has 0 aliphatic carbocycles. The van der Waals surface area contributed by atoms with Crippen LogP contribution in [0, 0.1) is 0 Å². The van der Waals surface area contributed by atoms with Gasteiger partial charge in [-0.1, -0.05) is 0 Å². The van der Waals surface area contributed by atoms with E-state index < -0.39 is 11.9 Å². The van der Waals surface area contributed by atoms with Crippen molar-refractivity contribution < 1.29 is 52.2 Å². The van der Waals surface area contributed by atoms with E-state index in [4.69, 9.17) is 42.6 Å². The molecule has 0 unspecified atom stereocenters. The first-order valence-electron chi connectivity index (χ1n) is 12.2. The molecular weight excluding hydrogens is 538 g/mol. The molecule has 12 heteroatoms. The number of carbonyl (C=O) groups is 2. The zero-order chi connectivity index (χ0) is 29.1.